The van der Waals surface area contributed by atoms with Gasteiger partial charge in [-0.15, -0.1) is 0 Å². The van der Waals surface area contributed by atoms with Gasteiger partial charge in [-0.3, -0.25) is 19.2 Å². The molecule has 0 unspecified atom stereocenters. The van der Waals surface area contributed by atoms with Crippen LogP contribution in [0.4, 0.5) is 0 Å². The lowest BCUT2D eigenvalue weighted by atomic mass is 9.49. The maximum absolute atomic E-state index is 11.9. The number of allylic oxidation sites excluding steroid dienone is 1. The maximum atomic E-state index is 11.9. The molecule has 3 aliphatic carbocycles. The van der Waals surface area contributed by atoms with Crippen LogP contribution in [0.1, 0.15) is 54.4 Å². The average Bonchev–Trinajstić information content (AvgIpc) is 2.73. The van der Waals surface area contributed by atoms with E-state index in [-0.39, 0.29) is 18.6 Å². The molecule has 0 aromatic carbocycles. The Labute approximate surface area is 199 Å². The molecule has 2 bridgehead atoms. The smallest absolute Gasteiger partial charge is 0.303 e. The fourth-order valence-corrected chi connectivity index (χ4v) is 5.14. The fourth-order valence-electron chi connectivity index (χ4n) is 5.14. The van der Waals surface area contributed by atoms with Gasteiger partial charge >= 0.3 is 23.9 Å². The first-order valence-corrected chi connectivity index (χ1v) is 11.5. The molecular formula is C24H34O10. The Hall–Kier alpha value is -2.46. The van der Waals surface area contributed by atoms with E-state index in [0.29, 0.717) is 11.8 Å². The van der Waals surface area contributed by atoms with Crippen molar-refractivity contribution in [2.75, 3.05) is 13.2 Å². The molecule has 2 fully saturated rings. The highest BCUT2D eigenvalue weighted by Crippen LogP contribution is 2.59. The molecule has 7 atom stereocenters. The summed E-state index contributed by atoms with van der Waals surface area (Å²) in [5.74, 6) is -1.52. The molecule has 34 heavy (non-hydrogen) atoms. The minimum absolute atomic E-state index is 0.189. The molecule has 0 aromatic rings. The predicted molar refractivity (Wildman–Crippen MR) is 116 cm³/mol. The normalized spacial score (nSPS) is 33.6. The number of carbonyl (C=O) groups excluding carboxylic acids is 4. The van der Waals surface area contributed by atoms with Crippen LogP contribution in [-0.4, -0.2) is 67.8 Å². The molecule has 1 saturated heterocycles. The molecule has 4 rings (SSSR count). The van der Waals surface area contributed by atoms with Gasteiger partial charge in [0.05, 0.1) is 6.61 Å². The van der Waals surface area contributed by atoms with Crippen LogP contribution >= 0.6 is 0 Å². The van der Waals surface area contributed by atoms with Crippen LogP contribution in [0.2, 0.25) is 0 Å². The lowest BCUT2D eigenvalue weighted by Gasteiger charge is -2.56. The highest BCUT2D eigenvalue weighted by atomic mass is 16.7. The zero-order valence-electron chi connectivity index (χ0n) is 20.5. The van der Waals surface area contributed by atoms with E-state index in [1.165, 1.54) is 27.7 Å². The third kappa shape index (κ3) is 5.78. The Morgan fingerprint density at radius 2 is 1.50 bits per heavy atom. The van der Waals surface area contributed by atoms with Crippen LogP contribution in [0.3, 0.4) is 0 Å². The summed E-state index contributed by atoms with van der Waals surface area (Å²) in [5, 5.41) is 0. The van der Waals surface area contributed by atoms with Crippen LogP contribution < -0.4 is 0 Å². The van der Waals surface area contributed by atoms with Gasteiger partial charge in [0, 0.05) is 27.7 Å². The van der Waals surface area contributed by atoms with Crippen molar-refractivity contribution in [1.29, 1.82) is 0 Å². The van der Waals surface area contributed by atoms with E-state index >= 15 is 0 Å². The number of rotatable bonds is 8. The van der Waals surface area contributed by atoms with Gasteiger partial charge < -0.3 is 28.4 Å². The summed E-state index contributed by atoms with van der Waals surface area (Å²) in [6.45, 7) is 9.23. The topological polar surface area (TPSA) is 124 Å². The zero-order valence-corrected chi connectivity index (χ0v) is 20.5. The molecule has 0 aromatic heterocycles. The Balaban J connectivity index is 1.86. The van der Waals surface area contributed by atoms with E-state index in [2.05, 4.69) is 19.9 Å². The van der Waals surface area contributed by atoms with Gasteiger partial charge in [-0.25, -0.2) is 0 Å². The van der Waals surface area contributed by atoms with Crippen LogP contribution in [-0.2, 0) is 47.6 Å². The van der Waals surface area contributed by atoms with Gasteiger partial charge in [-0.1, -0.05) is 19.9 Å². The minimum atomic E-state index is -1.23. The number of fused-ring (bicyclic) bond motifs is 1. The van der Waals surface area contributed by atoms with Crippen molar-refractivity contribution in [3.8, 4) is 0 Å². The van der Waals surface area contributed by atoms with Crippen LogP contribution in [0.5, 0.6) is 0 Å². The summed E-state index contributed by atoms with van der Waals surface area (Å²) in [6.07, 6.45) is -1.54. The van der Waals surface area contributed by atoms with Crippen molar-refractivity contribution in [3.05, 3.63) is 11.6 Å². The molecule has 10 heteroatoms. The second kappa shape index (κ2) is 10.4. The lowest BCUT2D eigenvalue weighted by Crippen LogP contribution is -2.63. The third-order valence-electron chi connectivity index (χ3n) is 6.95. The monoisotopic (exact) mass is 482 g/mol. The summed E-state index contributed by atoms with van der Waals surface area (Å²) >= 11 is 0. The molecule has 0 radical (unpaired) electrons. The zero-order chi connectivity index (χ0) is 25.2. The molecule has 1 heterocycles. The second-order valence-corrected chi connectivity index (χ2v) is 9.70. The van der Waals surface area contributed by atoms with Crippen molar-refractivity contribution in [2.45, 2.75) is 85.1 Å². The first kappa shape index (κ1) is 26.2. The molecule has 0 N–H and O–H groups in total. The molecule has 10 nitrogen and oxygen atoms in total. The van der Waals surface area contributed by atoms with Gasteiger partial charge in [-0.05, 0) is 35.7 Å². The van der Waals surface area contributed by atoms with Gasteiger partial charge in [0.1, 0.15) is 12.7 Å². The van der Waals surface area contributed by atoms with Crippen molar-refractivity contribution in [2.24, 2.45) is 17.3 Å². The third-order valence-corrected chi connectivity index (χ3v) is 6.95. The lowest BCUT2D eigenvalue weighted by molar-refractivity contribution is -0.307. The van der Waals surface area contributed by atoms with Crippen molar-refractivity contribution in [3.63, 3.8) is 0 Å². The van der Waals surface area contributed by atoms with Crippen molar-refractivity contribution >= 4 is 23.9 Å². The van der Waals surface area contributed by atoms with Crippen LogP contribution in [0, 0.1) is 17.3 Å². The van der Waals surface area contributed by atoms with Gasteiger partial charge in [0.25, 0.3) is 0 Å². The largest absolute Gasteiger partial charge is 0.463 e. The van der Waals surface area contributed by atoms with Crippen LogP contribution in [0.25, 0.3) is 0 Å². The highest BCUT2D eigenvalue weighted by molar-refractivity contribution is 5.68. The quantitative estimate of drug-likeness (QED) is 0.288. The Kier molecular flexibility index (Phi) is 8.02. The standard InChI is InChI=1S/C24H34O10/c1-12(25)29-11-19-20(31-13(2)26)21(32-14(3)27)22(33-15(4)28)23(34-19)30-10-16-7-8-17-9-18(16)24(17,5)6/h7,17-23H,8-11H2,1-6H3/t17-,18-,19+,20+,21-,22+,23+/m0/s1. The Morgan fingerprint density at radius 1 is 0.912 bits per heavy atom. The first-order chi connectivity index (χ1) is 15.9. The fraction of sp³-hybridized carbons (Fsp3) is 0.750. The molecule has 190 valence electrons. The van der Waals surface area contributed by atoms with E-state index in [1.807, 2.05) is 0 Å². The SMILES string of the molecule is CC(=O)OC[C@H]1O[C@@H](OCC2=CC[C@H]3C[C@@H]2C3(C)C)[C@H](OC(C)=O)[C@@H](OC(C)=O)[C@@H]1OC(C)=O. The van der Waals surface area contributed by atoms with E-state index in [4.69, 9.17) is 28.4 Å². The Morgan fingerprint density at radius 3 is 2.03 bits per heavy atom. The number of esters is 4. The number of hydrogen-bond acceptors (Lipinski definition) is 10. The molecule has 0 spiro atoms. The van der Waals surface area contributed by atoms with Gasteiger partial charge in [0.2, 0.25) is 0 Å². The molecule has 4 aliphatic rings. The maximum Gasteiger partial charge on any atom is 0.303 e. The molecule has 1 saturated carbocycles. The summed E-state index contributed by atoms with van der Waals surface area (Å²) < 4.78 is 33.4. The first-order valence-electron chi connectivity index (χ1n) is 11.5. The van der Waals surface area contributed by atoms with E-state index < -0.39 is 54.6 Å². The van der Waals surface area contributed by atoms with Crippen LogP contribution in [0.15, 0.2) is 11.6 Å². The number of carbonyl (C=O) groups is 4. The van der Waals surface area contributed by atoms with Gasteiger partial charge in [0.15, 0.2) is 24.6 Å². The van der Waals surface area contributed by atoms with E-state index in [9.17, 15) is 19.2 Å². The number of ether oxygens (including phenoxy) is 6. The second-order valence-electron chi connectivity index (χ2n) is 9.70. The van der Waals surface area contributed by atoms with Crippen molar-refractivity contribution < 1.29 is 47.6 Å². The molecular weight excluding hydrogens is 448 g/mol. The number of hydrogen-bond donors (Lipinski definition) is 0. The summed E-state index contributed by atoms with van der Waals surface area (Å²) in [6, 6.07) is 0. The summed E-state index contributed by atoms with van der Waals surface area (Å²) in [5.41, 5.74) is 1.33. The van der Waals surface area contributed by atoms with Crippen molar-refractivity contribution in [1.82, 2.24) is 0 Å². The predicted octanol–water partition coefficient (Wildman–Crippen LogP) is 2.08. The van der Waals surface area contributed by atoms with E-state index in [0.717, 1.165) is 18.4 Å². The summed E-state index contributed by atoms with van der Waals surface area (Å²) in [4.78, 5) is 47.0. The molecule has 1 aliphatic heterocycles. The molecule has 0 amide bonds. The summed E-state index contributed by atoms with van der Waals surface area (Å²) in [7, 11) is 0. The Bertz CT molecular complexity index is 847. The highest BCUT2D eigenvalue weighted by Gasteiger charge is 2.54. The van der Waals surface area contributed by atoms with E-state index in [1.54, 1.807) is 0 Å². The minimum Gasteiger partial charge on any atom is -0.463 e. The van der Waals surface area contributed by atoms with Gasteiger partial charge in [-0.2, -0.15) is 0 Å². The average molecular weight is 483 g/mol.